The van der Waals surface area contributed by atoms with Gasteiger partial charge >= 0.3 is 0 Å². The zero-order valence-electron chi connectivity index (χ0n) is 12.5. The Morgan fingerprint density at radius 3 is 2.86 bits per heavy atom. The summed E-state index contributed by atoms with van der Waals surface area (Å²) in [6.07, 6.45) is -0.0933. The highest BCUT2D eigenvalue weighted by Gasteiger charge is 2.11. The monoisotopic (exact) mass is 293 g/mol. The molecule has 1 heterocycles. The van der Waals surface area contributed by atoms with Crippen molar-refractivity contribution in [2.45, 2.75) is 32.4 Å². The van der Waals surface area contributed by atoms with Crippen molar-refractivity contribution in [1.82, 2.24) is 5.32 Å². The van der Waals surface area contributed by atoms with E-state index in [0.717, 1.165) is 11.1 Å². The van der Waals surface area contributed by atoms with Crippen LogP contribution in [0.3, 0.4) is 0 Å². The molecular weight excluding hydrogens is 270 g/mol. The SMILES string of the molecule is CC(C)NCC(O)COc1cccc2cc(CCO)oc12. The molecule has 0 aliphatic heterocycles. The number of hydrogen-bond acceptors (Lipinski definition) is 5. The second-order valence-electron chi connectivity index (χ2n) is 5.39. The van der Waals surface area contributed by atoms with Crippen molar-refractivity contribution in [1.29, 1.82) is 0 Å². The van der Waals surface area contributed by atoms with Gasteiger partial charge in [-0.3, -0.25) is 0 Å². The molecule has 3 N–H and O–H groups in total. The van der Waals surface area contributed by atoms with E-state index >= 15 is 0 Å². The van der Waals surface area contributed by atoms with Crippen molar-refractivity contribution in [3.05, 3.63) is 30.0 Å². The first-order valence-corrected chi connectivity index (χ1v) is 7.26. The number of fused-ring (bicyclic) bond motifs is 1. The van der Waals surface area contributed by atoms with Crippen molar-refractivity contribution in [2.24, 2.45) is 0 Å². The number of para-hydroxylation sites is 1. The maximum Gasteiger partial charge on any atom is 0.176 e. The average Bonchev–Trinajstić information content (AvgIpc) is 2.86. The van der Waals surface area contributed by atoms with Crippen LogP contribution in [0.1, 0.15) is 19.6 Å². The molecule has 0 aliphatic carbocycles. The molecular formula is C16H23NO4. The summed E-state index contributed by atoms with van der Waals surface area (Å²) >= 11 is 0. The van der Waals surface area contributed by atoms with Gasteiger partial charge in [-0.1, -0.05) is 26.0 Å². The quantitative estimate of drug-likeness (QED) is 0.691. The smallest absolute Gasteiger partial charge is 0.176 e. The Kier molecular flexibility index (Phi) is 5.61. The highest BCUT2D eigenvalue weighted by atomic mass is 16.5. The van der Waals surface area contributed by atoms with Crippen LogP contribution >= 0.6 is 0 Å². The van der Waals surface area contributed by atoms with E-state index in [9.17, 15) is 5.11 Å². The molecule has 1 aromatic carbocycles. The predicted octanol–water partition coefficient (Wildman–Crippen LogP) is 1.71. The first-order chi connectivity index (χ1) is 10.1. The van der Waals surface area contributed by atoms with E-state index in [1.165, 1.54) is 0 Å². The summed E-state index contributed by atoms with van der Waals surface area (Å²) in [6, 6.07) is 7.86. The van der Waals surface area contributed by atoms with E-state index in [1.807, 2.05) is 38.1 Å². The molecule has 5 heteroatoms. The molecule has 1 unspecified atom stereocenters. The summed E-state index contributed by atoms with van der Waals surface area (Å²) in [5.41, 5.74) is 0.657. The van der Waals surface area contributed by atoms with Gasteiger partial charge in [-0.2, -0.15) is 0 Å². The minimum atomic E-state index is -0.575. The van der Waals surface area contributed by atoms with E-state index in [2.05, 4.69) is 5.32 Å². The molecule has 116 valence electrons. The van der Waals surface area contributed by atoms with Gasteiger partial charge in [0.05, 0.1) is 6.61 Å². The third kappa shape index (κ3) is 4.46. The van der Waals surface area contributed by atoms with Gasteiger partial charge in [-0.15, -0.1) is 0 Å². The molecule has 0 saturated carbocycles. The van der Waals surface area contributed by atoms with Crippen LogP contribution in [0.4, 0.5) is 0 Å². The topological polar surface area (TPSA) is 74.9 Å². The van der Waals surface area contributed by atoms with Crippen LogP contribution in [-0.4, -0.2) is 42.1 Å². The van der Waals surface area contributed by atoms with Gasteiger partial charge in [0, 0.05) is 24.4 Å². The molecule has 0 aliphatic rings. The Bertz CT molecular complexity index is 564. The fourth-order valence-electron chi connectivity index (χ4n) is 2.05. The number of benzene rings is 1. The lowest BCUT2D eigenvalue weighted by Gasteiger charge is -2.15. The minimum Gasteiger partial charge on any atom is -0.487 e. The Hall–Kier alpha value is -1.56. The largest absolute Gasteiger partial charge is 0.487 e. The van der Waals surface area contributed by atoms with Crippen LogP contribution < -0.4 is 10.1 Å². The Balaban J connectivity index is 2.01. The standard InChI is InChI=1S/C16H23NO4/c1-11(2)17-9-13(19)10-20-15-5-3-4-12-8-14(6-7-18)21-16(12)15/h3-5,8,11,13,17-19H,6-7,9-10H2,1-2H3. The Morgan fingerprint density at radius 1 is 1.33 bits per heavy atom. The van der Waals surface area contributed by atoms with Crippen molar-refractivity contribution in [2.75, 3.05) is 19.8 Å². The fraction of sp³-hybridized carbons (Fsp3) is 0.500. The summed E-state index contributed by atoms with van der Waals surface area (Å²) in [5, 5.41) is 22.9. The summed E-state index contributed by atoms with van der Waals surface area (Å²) in [6.45, 7) is 4.80. The van der Waals surface area contributed by atoms with E-state index in [4.69, 9.17) is 14.3 Å². The van der Waals surface area contributed by atoms with E-state index < -0.39 is 6.10 Å². The molecule has 1 atom stereocenters. The van der Waals surface area contributed by atoms with Crippen LogP contribution in [0.2, 0.25) is 0 Å². The molecule has 0 saturated heterocycles. The van der Waals surface area contributed by atoms with Crippen LogP contribution in [0, 0.1) is 0 Å². The number of rotatable bonds is 8. The molecule has 0 fully saturated rings. The number of furan rings is 1. The Labute approximate surface area is 124 Å². The van der Waals surface area contributed by atoms with Gasteiger partial charge in [0.25, 0.3) is 0 Å². The molecule has 2 aromatic rings. The average molecular weight is 293 g/mol. The van der Waals surface area contributed by atoms with Crippen molar-refractivity contribution in [3.63, 3.8) is 0 Å². The van der Waals surface area contributed by atoms with Crippen molar-refractivity contribution in [3.8, 4) is 5.75 Å². The number of hydrogen-bond donors (Lipinski definition) is 3. The number of nitrogens with one attached hydrogen (secondary N) is 1. The molecule has 0 radical (unpaired) electrons. The zero-order valence-corrected chi connectivity index (χ0v) is 12.5. The third-order valence-corrected chi connectivity index (χ3v) is 3.11. The summed E-state index contributed by atoms with van der Waals surface area (Å²) < 4.78 is 11.3. The lowest BCUT2D eigenvalue weighted by atomic mass is 10.2. The number of aliphatic hydroxyl groups is 2. The van der Waals surface area contributed by atoms with Gasteiger partial charge in [0.2, 0.25) is 0 Å². The highest BCUT2D eigenvalue weighted by Crippen LogP contribution is 2.29. The van der Waals surface area contributed by atoms with Crippen LogP contribution in [0.5, 0.6) is 5.75 Å². The van der Waals surface area contributed by atoms with Crippen molar-refractivity contribution >= 4 is 11.0 Å². The van der Waals surface area contributed by atoms with Gasteiger partial charge in [0.1, 0.15) is 18.5 Å². The lowest BCUT2D eigenvalue weighted by molar-refractivity contribution is 0.105. The third-order valence-electron chi connectivity index (χ3n) is 3.11. The molecule has 21 heavy (non-hydrogen) atoms. The lowest BCUT2D eigenvalue weighted by Crippen LogP contribution is -2.35. The maximum absolute atomic E-state index is 9.87. The molecule has 2 rings (SSSR count). The summed E-state index contributed by atoms with van der Waals surface area (Å²) in [4.78, 5) is 0. The molecule has 1 aromatic heterocycles. The normalized spacial score (nSPS) is 13.0. The summed E-state index contributed by atoms with van der Waals surface area (Å²) in [7, 11) is 0. The summed E-state index contributed by atoms with van der Waals surface area (Å²) in [5.74, 6) is 1.34. The zero-order chi connectivity index (χ0) is 15.2. The van der Waals surface area contributed by atoms with E-state index in [-0.39, 0.29) is 13.2 Å². The number of ether oxygens (including phenoxy) is 1. The minimum absolute atomic E-state index is 0.0512. The highest BCUT2D eigenvalue weighted by molar-refractivity contribution is 5.83. The molecule has 0 spiro atoms. The van der Waals surface area contributed by atoms with Gasteiger partial charge in [0.15, 0.2) is 11.3 Å². The molecule has 5 nitrogen and oxygen atoms in total. The Morgan fingerprint density at radius 2 is 2.14 bits per heavy atom. The first kappa shape index (κ1) is 15.8. The molecule has 0 amide bonds. The second-order valence-corrected chi connectivity index (χ2v) is 5.39. The molecule has 0 bridgehead atoms. The van der Waals surface area contributed by atoms with Crippen LogP contribution in [0.15, 0.2) is 28.7 Å². The number of aliphatic hydroxyl groups excluding tert-OH is 2. The maximum atomic E-state index is 9.87. The second kappa shape index (κ2) is 7.45. The van der Waals surface area contributed by atoms with Crippen LogP contribution in [0.25, 0.3) is 11.0 Å². The van der Waals surface area contributed by atoms with E-state index in [0.29, 0.717) is 30.3 Å². The van der Waals surface area contributed by atoms with Crippen molar-refractivity contribution < 1.29 is 19.4 Å². The first-order valence-electron chi connectivity index (χ1n) is 7.26. The predicted molar refractivity (Wildman–Crippen MR) is 81.6 cm³/mol. The van der Waals surface area contributed by atoms with Gasteiger partial charge in [-0.05, 0) is 12.1 Å². The van der Waals surface area contributed by atoms with E-state index in [1.54, 1.807) is 0 Å². The fourth-order valence-corrected chi connectivity index (χ4v) is 2.05. The van der Waals surface area contributed by atoms with Gasteiger partial charge < -0.3 is 24.7 Å². The van der Waals surface area contributed by atoms with Gasteiger partial charge in [-0.25, -0.2) is 0 Å². The van der Waals surface area contributed by atoms with Crippen LogP contribution in [-0.2, 0) is 6.42 Å².